The number of hydrazine groups is 1. The van der Waals surface area contributed by atoms with Crippen molar-refractivity contribution in [3.05, 3.63) is 48.5 Å². The fourth-order valence-corrected chi connectivity index (χ4v) is 5.79. The average Bonchev–Trinajstić information content (AvgIpc) is 2.93. The van der Waals surface area contributed by atoms with Crippen LogP contribution in [0.2, 0.25) is 0 Å². The normalized spacial score (nSPS) is 17.7. The van der Waals surface area contributed by atoms with E-state index in [2.05, 4.69) is 35.6 Å². The Morgan fingerprint density at radius 2 is 1.56 bits per heavy atom. The molecule has 0 unspecified atom stereocenters. The van der Waals surface area contributed by atoms with Gasteiger partial charge < -0.3 is 14.8 Å². The lowest BCUT2D eigenvalue weighted by Crippen LogP contribution is -2.36. The van der Waals surface area contributed by atoms with Crippen LogP contribution in [0.4, 0.5) is 29.7 Å². The minimum atomic E-state index is -4.85. The first kappa shape index (κ1) is 32.1. The number of nitrogens with one attached hydrogen (secondary N) is 4. The highest BCUT2D eigenvalue weighted by atomic mass is 32.2. The van der Waals surface area contributed by atoms with Gasteiger partial charge in [-0.2, -0.15) is 4.98 Å². The maximum absolute atomic E-state index is 12.6. The zero-order chi connectivity index (χ0) is 31.3. The molecular weight excluding hydrogens is 589 g/mol. The third-order valence-corrected chi connectivity index (χ3v) is 8.17. The van der Waals surface area contributed by atoms with E-state index in [-0.39, 0.29) is 17.4 Å². The second-order valence-electron chi connectivity index (χ2n) is 11.3. The van der Waals surface area contributed by atoms with Crippen molar-refractivity contribution >= 4 is 38.8 Å². The van der Waals surface area contributed by atoms with Crippen LogP contribution in [0, 0.1) is 11.8 Å². The number of hydrogen-bond donors (Lipinski definition) is 4. The molecule has 4 N–H and O–H groups in total. The van der Waals surface area contributed by atoms with Crippen LogP contribution in [0.3, 0.4) is 0 Å². The predicted molar refractivity (Wildman–Crippen MR) is 155 cm³/mol. The van der Waals surface area contributed by atoms with Crippen molar-refractivity contribution in [2.75, 3.05) is 23.8 Å². The molecule has 0 spiro atoms. The van der Waals surface area contributed by atoms with Crippen LogP contribution < -0.4 is 25.6 Å². The van der Waals surface area contributed by atoms with Gasteiger partial charge in [-0.1, -0.05) is 12.1 Å². The van der Waals surface area contributed by atoms with Crippen LogP contribution in [-0.4, -0.2) is 49.5 Å². The molecule has 1 saturated carbocycles. The smallest absolute Gasteiger partial charge is 0.443 e. The summed E-state index contributed by atoms with van der Waals surface area (Å²) in [5, 5.41) is 4.01. The van der Waals surface area contributed by atoms with Gasteiger partial charge in [0, 0.05) is 18.5 Å². The monoisotopic (exact) mass is 624 g/mol. The number of amides is 1. The molecule has 1 aliphatic carbocycles. The topological polar surface area (TPSA) is 144 Å². The maximum atomic E-state index is 12.6. The summed E-state index contributed by atoms with van der Waals surface area (Å²) >= 11 is 0. The van der Waals surface area contributed by atoms with E-state index in [1.165, 1.54) is 0 Å². The number of carbonyl (C=O) groups excluding carboxylic acids is 1. The van der Waals surface area contributed by atoms with Gasteiger partial charge in [-0.05, 0) is 94.7 Å². The van der Waals surface area contributed by atoms with Crippen molar-refractivity contribution in [3.8, 4) is 5.75 Å². The van der Waals surface area contributed by atoms with E-state index in [0.29, 0.717) is 29.7 Å². The van der Waals surface area contributed by atoms with Crippen LogP contribution in [0.5, 0.6) is 5.75 Å². The van der Waals surface area contributed by atoms with Gasteiger partial charge in [-0.15, -0.1) is 13.2 Å². The van der Waals surface area contributed by atoms with Gasteiger partial charge in [0.2, 0.25) is 16.0 Å². The highest BCUT2D eigenvalue weighted by Gasteiger charge is 2.31. The van der Waals surface area contributed by atoms with Gasteiger partial charge in [-0.3, -0.25) is 5.43 Å². The zero-order valence-corrected chi connectivity index (χ0v) is 24.8. The van der Waals surface area contributed by atoms with Crippen molar-refractivity contribution in [1.29, 1.82) is 0 Å². The number of aromatic nitrogens is 2. The van der Waals surface area contributed by atoms with Crippen LogP contribution in [0.25, 0.3) is 10.9 Å². The molecule has 1 aliphatic rings. The number of anilines is 2. The first-order valence-corrected chi connectivity index (χ1v) is 15.3. The van der Waals surface area contributed by atoms with E-state index in [1.807, 2.05) is 24.3 Å². The zero-order valence-electron chi connectivity index (χ0n) is 24.0. The van der Waals surface area contributed by atoms with E-state index in [4.69, 9.17) is 4.74 Å². The van der Waals surface area contributed by atoms with Crippen molar-refractivity contribution in [3.63, 3.8) is 0 Å². The van der Waals surface area contributed by atoms with Gasteiger partial charge in [0.15, 0.2) is 5.82 Å². The van der Waals surface area contributed by atoms with Crippen molar-refractivity contribution in [2.45, 2.75) is 63.3 Å². The Hall–Kier alpha value is -3.85. The molecule has 15 heteroatoms. The largest absolute Gasteiger partial charge is 0.573 e. The summed E-state index contributed by atoms with van der Waals surface area (Å²) in [5.41, 5.74) is 5.36. The Bertz CT molecular complexity index is 1510. The molecule has 1 aromatic heterocycles. The van der Waals surface area contributed by atoms with E-state index in [9.17, 15) is 26.4 Å². The average molecular weight is 625 g/mol. The Labute approximate surface area is 248 Å². The molecule has 2 aromatic carbocycles. The predicted octanol–water partition coefficient (Wildman–Crippen LogP) is 5.58. The molecule has 234 valence electrons. The first-order chi connectivity index (χ1) is 20.2. The number of sulfonamides is 1. The lowest BCUT2D eigenvalue weighted by Gasteiger charge is -2.28. The highest BCUT2D eigenvalue weighted by Crippen LogP contribution is 2.30. The number of rotatable bonds is 10. The summed E-state index contributed by atoms with van der Waals surface area (Å²) < 4.78 is 73.9. The summed E-state index contributed by atoms with van der Waals surface area (Å²) in [6.07, 6.45) is -2.16. The SMILES string of the molecule is CC(C)(C)OC(=O)NNc1nc(NC[C@H]2CC[C@H](CNS(=O)(=O)c3ccc(OC(F)(F)F)cc3)CC2)nc2ccccc12. The van der Waals surface area contributed by atoms with Gasteiger partial charge in [-0.25, -0.2) is 28.3 Å². The third kappa shape index (κ3) is 9.85. The number of alkyl halides is 3. The highest BCUT2D eigenvalue weighted by molar-refractivity contribution is 7.89. The second-order valence-corrected chi connectivity index (χ2v) is 13.1. The van der Waals surface area contributed by atoms with Crippen molar-refractivity contribution < 1.29 is 35.9 Å². The minimum absolute atomic E-state index is 0.130. The minimum Gasteiger partial charge on any atom is -0.443 e. The third-order valence-electron chi connectivity index (χ3n) is 6.73. The number of benzene rings is 2. The van der Waals surface area contributed by atoms with E-state index < -0.39 is 33.8 Å². The molecule has 1 heterocycles. The quantitative estimate of drug-likeness (QED) is 0.213. The lowest BCUT2D eigenvalue weighted by molar-refractivity contribution is -0.274. The van der Waals surface area contributed by atoms with Crippen LogP contribution in [-0.2, 0) is 14.8 Å². The summed E-state index contributed by atoms with van der Waals surface area (Å²) in [7, 11) is -3.88. The lowest BCUT2D eigenvalue weighted by atomic mass is 9.82. The first-order valence-electron chi connectivity index (χ1n) is 13.8. The van der Waals surface area contributed by atoms with E-state index in [0.717, 1.165) is 55.3 Å². The van der Waals surface area contributed by atoms with Gasteiger partial charge in [0.25, 0.3) is 0 Å². The molecule has 0 atom stereocenters. The van der Waals surface area contributed by atoms with Crippen LogP contribution >= 0.6 is 0 Å². The Morgan fingerprint density at radius 1 is 0.930 bits per heavy atom. The number of carbonyl (C=O) groups is 1. The molecule has 0 bridgehead atoms. The Morgan fingerprint density at radius 3 is 2.19 bits per heavy atom. The standard InChI is InChI=1S/C28H35F3N6O5S/c1-27(2,3)42-26(38)37-36-24-22-6-4-5-7-23(22)34-25(35-24)32-16-18-8-10-19(11-9-18)17-33-43(39,40)21-14-12-20(13-15-21)41-28(29,30)31/h4-7,12-15,18-19,33H,8-11,16-17H2,1-3H3,(H,37,38)(H2,32,34,35,36)/t18-,19-. The van der Waals surface area contributed by atoms with Crippen molar-refractivity contribution in [1.82, 2.24) is 20.1 Å². The van der Waals surface area contributed by atoms with Crippen LogP contribution in [0.15, 0.2) is 53.4 Å². The van der Waals surface area contributed by atoms with Gasteiger partial charge in [0.05, 0.1) is 10.4 Å². The number of halogens is 3. The molecule has 1 fully saturated rings. The summed E-state index contributed by atoms with van der Waals surface area (Å²) in [4.78, 5) is 21.1. The molecule has 43 heavy (non-hydrogen) atoms. The molecule has 0 saturated heterocycles. The molecule has 0 radical (unpaired) electrons. The summed E-state index contributed by atoms with van der Waals surface area (Å²) in [5.74, 6) is 0.773. The van der Waals surface area contributed by atoms with Gasteiger partial charge in [0.1, 0.15) is 11.4 Å². The molecule has 4 rings (SSSR count). The number of hydrogen-bond acceptors (Lipinski definition) is 9. The number of nitrogens with zero attached hydrogens (tertiary/aromatic N) is 2. The summed E-state index contributed by atoms with van der Waals surface area (Å²) in [6, 6.07) is 11.5. The number of fused-ring (bicyclic) bond motifs is 1. The molecule has 0 aliphatic heterocycles. The second kappa shape index (κ2) is 13.2. The van der Waals surface area contributed by atoms with E-state index >= 15 is 0 Å². The molecule has 1 amide bonds. The maximum Gasteiger partial charge on any atom is 0.573 e. The van der Waals surface area contributed by atoms with Crippen molar-refractivity contribution in [2.24, 2.45) is 11.8 Å². The molecular formula is C28H35F3N6O5S. The fraction of sp³-hybridized carbons (Fsp3) is 0.464. The number of para-hydroxylation sites is 1. The Balaban J connectivity index is 1.26. The van der Waals surface area contributed by atoms with Crippen LogP contribution in [0.1, 0.15) is 46.5 Å². The number of ether oxygens (including phenoxy) is 2. The Kier molecular flexibility index (Phi) is 9.85. The van der Waals surface area contributed by atoms with E-state index in [1.54, 1.807) is 20.8 Å². The fourth-order valence-electron chi connectivity index (χ4n) is 4.67. The molecule has 3 aromatic rings. The molecule has 11 nitrogen and oxygen atoms in total. The summed E-state index contributed by atoms with van der Waals surface area (Å²) in [6.45, 7) is 6.15. The van der Waals surface area contributed by atoms with Gasteiger partial charge >= 0.3 is 12.5 Å².